The summed E-state index contributed by atoms with van der Waals surface area (Å²) in [6, 6.07) is 4.46. The summed E-state index contributed by atoms with van der Waals surface area (Å²) in [4.78, 5) is 16.5. The zero-order valence-electron chi connectivity index (χ0n) is 18.7. The summed E-state index contributed by atoms with van der Waals surface area (Å²) in [5.74, 6) is -0.377. The molecule has 2 aromatic heterocycles. The van der Waals surface area contributed by atoms with E-state index in [-0.39, 0.29) is 11.6 Å². The van der Waals surface area contributed by atoms with Crippen molar-refractivity contribution in [3.63, 3.8) is 0 Å². The normalized spacial score (nSPS) is 11.8. The Morgan fingerprint density at radius 1 is 1.09 bits per heavy atom. The van der Waals surface area contributed by atoms with Gasteiger partial charge in [0.25, 0.3) is 0 Å². The largest absolute Gasteiger partial charge is 0.508 e. The number of unbranched alkanes of at least 4 members (excludes halogenated alkanes) is 3. The first-order valence-corrected chi connectivity index (χ1v) is 11.8. The van der Waals surface area contributed by atoms with Gasteiger partial charge in [0.1, 0.15) is 16.5 Å². The quantitative estimate of drug-likeness (QED) is 0.307. The minimum absolute atomic E-state index is 0.0426. The summed E-state index contributed by atoms with van der Waals surface area (Å²) in [5, 5.41) is 13.1. The second-order valence-corrected chi connectivity index (χ2v) is 8.83. The lowest BCUT2D eigenvalue weighted by Gasteiger charge is -2.19. The van der Waals surface area contributed by atoms with Gasteiger partial charge in [0.15, 0.2) is 0 Å². The molecule has 10 heteroatoms. The van der Waals surface area contributed by atoms with E-state index >= 15 is 0 Å². The van der Waals surface area contributed by atoms with Crippen molar-refractivity contribution in [2.24, 2.45) is 0 Å². The summed E-state index contributed by atoms with van der Waals surface area (Å²) < 4.78 is 39.0. The number of rotatable bonds is 11. The molecule has 0 unspecified atom stereocenters. The number of halogens is 3. The predicted molar refractivity (Wildman–Crippen MR) is 125 cm³/mol. The molecule has 0 spiro atoms. The minimum atomic E-state index is -4.57. The van der Waals surface area contributed by atoms with Gasteiger partial charge in [-0.1, -0.05) is 33.1 Å². The van der Waals surface area contributed by atoms with Crippen molar-refractivity contribution in [2.75, 3.05) is 18.4 Å². The van der Waals surface area contributed by atoms with Crippen molar-refractivity contribution >= 4 is 23.0 Å². The topological polar surface area (TPSA) is 74.2 Å². The van der Waals surface area contributed by atoms with E-state index in [2.05, 4.69) is 39.0 Å². The Bertz CT molecular complexity index is 1040. The molecule has 1 aromatic carbocycles. The number of thiazole rings is 1. The number of phenolic OH excluding ortho intramolecular Hbond substituents is 1. The molecule has 2 N–H and O–H groups in total. The van der Waals surface area contributed by atoms with Crippen LogP contribution < -0.4 is 5.32 Å². The third-order valence-corrected chi connectivity index (χ3v) is 6.09. The van der Waals surface area contributed by atoms with Gasteiger partial charge in [-0.05, 0) is 37.7 Å². The summed E-state index contributed by atoms with van der Waals surface area (Å²) in [6.45, 7) is 7.18. The highest BCUT2D eigenvalue weighted by Gasteiger charge is 2.31. The van der Waals surface area contributed by atoms with E-state index in [1.54, 1.807) is 6.07 Å². The SMILES string of the molecule is CCCCCCN(CC)Cc1cnc(-c2ccnc(Nc3cc(O)cc(C(F)(F)F)c3)n2)s1. The monoisotopic (exact) mass is 479 g/mol. The average Bonchev–Trinajstić information content (AvgIpc) is 3.24. The Morgan fingerprint density at radius 3 is 2.64 bits per heavy atom. The molecule has 0 bridgehead atoms. The van der Waals surface area contributed by atoms with Crippen LogP contribution in [0, 0.1) is 0 Å². The van der Waals surface area contributed by atoms with Crippen LogP contribution in [0.5, 0.6) is 5.75 Å². The molecule has 0 amide bonds. The first kappa shape index (κ1) is 24.9. The molecule has 0 fully saturated rings. The molecule has 0 saturated heterocycles. The molecular formula is C23H28F3N5OS. The molecule has 178 valence electrons. The maximum Gasteiger partial charge on any atom is 0.416 e. The van der Waals surface area contributed by atoms with Crippen LogP contribution in [0.2, 0.25) is 0 Å². The molecule has 0 saturated carbocycles. The summed E-state index contributed by atoms with van der Waals surface area (Å²) in [6.07, 6.45) is 3.68. The van der Waals surface area contributed by atoms with Gasteiger partial charge in [-0.2, -0.15) is 13.2 Å². The zero-order valence-corrected chi connectivity index (χ0v) is 19.5. The van der Waals surface area contributed by atoms with E-state index in [9.17, 15) is 18.3 Å². The Balaban J connectivity index is 1.69. The van der Waals surface area contributed by atoms with E-state index in [4.69, 9.17) is 0 Å². The molecule has 2 heterocycles. The molecular weight excluding hydrogens is 451 g/mol. The number of alkyl halides is 3. The molecule has 33 heavy (non-hydrogen) atoms. The van der Waals surface area contributed by atoms with Gasteiger partial charge in [-0.15, -0.1) is 11.3 Å². The predicted octanol–water partition coefficient (Wildman–Crippen LogP) is 6.47. The Hall–Kier alpha value is -2.72. The maximum atomic E-state index is 13.0. The minimum Gasteiger partial charge on any atom is -0.508 e. The molecule has 0 aliphatic heterocycles. The second kappa shape index (κ2) is 11.4. The standard InChI is InChI=1S/C23H28F3N5OS/c1-3-5-6-7-10-31(4-2)15-19-14-28-21(33-19)20-8-9-27-22(30-20)29-17-11-16(23(24,25)26)12-18(32)13-17/h8-9,11-14,32H,3-7,10,15H2,1-2H3,(H,27,29,30). The van der Waals surface area contributed by atoms with Gasteiger partial charge in [0.2, 0.25) is 5.95 Å². The van der Waals surface area contributed by atoms with E-state index in [1.807, 2.05) is 6.20 Å². The van der Waals surface area contributed by atoms with Crippen molar-refractivity contribution in [1.29, 1.82) is 0 Å². The van der Waals surface area contributed by atoms with Gasteiger partial charge < -0.3 is 10.4 Å². The number of nitrogens with one attached hydrogen (secondary N) is 1. The molecule has 0 aliphatic carbocycles. The second-order valence-electron chi connectivity index (χ2n) is 7.72. The van der Waals surface area contributed by atoms with Crippen LogP contribution in [0.4, 0.5) is 24.8 Å². The van der Waals surface area contributed by atoms with Crippen molar-refractivity contribution in [3.8, 4) is 16.5 Å². The molecule has 0 atom stereocenters. The average molecular weight is 480 g/mol. The number of hydrogen-bond donors (Lipinski definition) is 2. The number of hydrogen-bond acceptors (Lipinski definition) is 7. The van der Waals surface area contributed by atoms with Gasteiger partial charge in [0.05, 0.1) is 5.56 Å². The van der Waals surface area contributed by atoms with Crippen LogP contribution in [0.3, 0.4) is 0 Å². The van der Waals surface area contributed by atoms with E-state index in [0.717, 1.165) is 30.6 Å². The summed E-state index contributed by atoms with van der Waals surface area (Å²) >= 11 is 1.54. The lowest BCUT2D eigenvalue weighted by molar-refractivity contribution is -0.137. The molecule has 3 rings (SSSR count). The fourth-order valence-electron chi connectivity index (χ4n) is 3.34. The van der Waals surface area contributed by atoms with Crippen LogP contribution in [0.15, 0.2) is 36.7 Å². The Labute approximate surface area is 195 Å². The molecule has 0 radical (unpaired) electrons. The highest BCUT2D eigenvalue weighted by atomic mass is 32.1. The van der Waals surface area contributed by atoms with Crippen LogP contribution in [0.1, 0.15) is 50.0 Å². The Morgan fingerprint density at radius 2 is 1.91 bits per heavy atom. The third-order valence-electron chi connectivity index (χ3n) is 5.08. The van der Waals surface area contributed by atoms with Gasteiger partial charge in [-0.25, -0.2) is 15.0 Å². The van der Waals surface area contributed by atoms with E-state index in [0.29, 0.717) is 16.8 Å². The van der Waals surface area contributed by atoms with Crippen molar-refractivity contribution in [1.82, 2.24) is 19.9 Å². The number of aromatic nitrogens is 3. The fourth-order valence-corrected chi connectivity index (χ4v) is 4.27. The van der Waals surface area contributed by atoms with Crippen molar-refractivity contribution in [3.05, 3.63) is 47.1 Å². The molecule has 6 nitrogen and oxygen atoms in total. The lowest BCUT2D eigenvalue weighted by atomic mass is 10.2. The van der Waals surface area contributed by atoms with Crippen LogP contribution >= 0.6 is 11.3 Å². The highest BCUT2D eigenvalue weighted by molar-refractivity contribution is 7.14. The van der Waals surface area contributed by atoms with Gasteiger partial charge >= 0.3 is 6.18 Å². The first-order chi connectivity index (χ1) is 15.8. The smallest absolute Gasteiger partial charge is 0.416 e. The number of anilines is 2. The van der Waals surface area contributed by atoms with Crippen molar-refractivity contribution < 1.29 is 18.3 Å². The Kier molecular flexibility index (Phi) is 8.62. The maximum absolute atomic E-state index is 13.0. The lowest BCUT2D eigenvalue weighted by Crippen LogP contribution is -2.23. The highest BCUT2D eigenvalue weighted by Crippen LogP contribution is 2.34. The number of benzene rings is 1. The molecule has 3 aromatic rings. The third kappa shape index (κ3) is 7.40. The van der Waals surface area contributed by atoms with Gasteiger partial charge in [0, 0.05) is 35.6 Å². The van der Waals surface area contributed by atoms with Crippen LogP contribution in [-0.2, 0) is 12.7 Å². The first-order valence-electron chi connectivity index (χ1n) is 11.0. The fraction of sp³-hybridized carbons (Fsp3) is 0.435. The van der Waals surface area contributed by atoms with Crippen molar-refractivity contribution in [2.45, 2.75) is 52.3 Å². The number of aromatic hydroxyl groups is 1. The summed E-state index contributed by atoms with van der Waals surface area (Å²) in [7, 11) is 0. The zero-order chi connectivity index (χ0) is 23.8. The van der Waals surface area contributed by atoms with E-state index < -0.39 is 17.5 Å². The summed E-state index contributed by atoms with van der Waals surface area (Å²) in [5.41, 5.74) is -0.340. The van der Waals surface area contributed by atoms with E-state index in [1.165, 1.54) is 49.3 Å². The van der Waals surface area contributed by atoms with Gasteiger partial charge in [-0.3, -0.25) is 4.90 Å². The number of nitrogens with zero attached hydrogens (tertiary/aromatic N) is 4. The van der Waals surface area contributed by atoms with Crippen LogP contribution in [0.25, 0.3) is 10.7 Å². The van der Waals surface area contributed by atoms with Crippen LogP contribution in [-0.4, -0.2) is 38.0 Å². The molecule has 0 aliphatic rings. The number of phenols is 1.